The molecule has 5 rings (SSSR count). The SMILES string of the molecule is CN1CCc2c(sc3nc(SCC(=O)N4CCCC4)n(-c4ccc(Cl)cc4)c(=O)c23)C1. The lowest BCUT2D eigenvalue weighted by Gasteiger charge is -2.21. The molecule has 31 heavy (non-hydrogen) atoms. The molecule has 1 aromatic carbocycles. The van der Waals surface area contributed by atoms with Crippen LogP contribution in [0.3, 0.4) is 0 Å². The lowest BCUT2D eigenvalue weighted by Crippen LogP contribution is -2.30. The fourth-order valence-corrected chi connectivity index (χ4v) is 6.63. The third-order valence-electron chi connectivity index (χ3n) is 5.90. The lowest BCUT2D eigenvalue weighted by atomic mass is 10.1. The third kappa shape index (κ3) is 4.02. The van der Waals surface area contributed by atoms with Crippen LogP contribution in [0.15, 0.2) is 34.2 Å². The van der Waals surface area contributed by atoms with Gasteiger partial charge in [-0.05, 0) is 56.1 Å². The number of hydrogen-bond acceptors (Lipinski definition) is 6. The van der Waals surface area contributed by atoms with Gasteiger partial charge in [-0.25, -0.2) is 4.98 Å². The van der Waals surface area contributed by atoms with Crippen LogP contribution in [0.4, 0.5) is 0 Å². The number of halogens is 1. The summed E-state index contributed by atoms with van der Waals surface area (Å²) in [4.78, 5) is 37.4. The van der Waals surface area contributed by atoms with E-state index in [4.69, 9.17) is 16.6 Å². The number of benzene rings is 1. The van der Waals surface area contributed by atoms with Gasteiger partial charge in [0.25, 0.3) is 5.56 Å². The Hall–Kier alpha value is -1.87. The minimum absolute atomic E-state index is 0.0644. The first kappa shape index (κ1) is 21.0. The molecule has 4 heterocycles. The predicted octanol–water partition coefficient (Wildman–Crippen LogP) is 3.80. The summed E-state index contributed by atoms with van der Waals surface area (Å²) < 4.78 is 1.64. The molecule has 0 aliphatic carbocycles. The van der Waals surface area contributed by atoms with Gasteiger partial charge in [0.1, 0.15) is 4.83 Å². The number of nitrogens with zero attached hydrogens (tertiary/aromatic N) is 4. The Morgan fingerprint density at radius 2 is 1.94 bits per heavy atom. The van der Waals surface area contributed by atoms with E-state index in [1.807, 2.05) is 17.0 Å². The number of hydrogen-bond donors (Lipinski definition) is 0. The van der Waals surface area contributed by atoms with E-state index in [-0.39, 0.29) is 17.2 Å². The summed E-state index contributed by atoms with van der Waals surface area (Å²) in [6.07, 6.45) is 2.97. The Kier molecular flexibility index (Phi) is 5.81. The van der Waals surface area contributed by atoms with Gasteiger partial charge in [-0.3, -0.25) is 14.2 Å². The van der Waals surface area contributed by atoms with E-state index in [2.05, 4.69) is 11.9 Å². The molecule has 0 atom stereocenters. The summed E-state index contributed by atoms with van der Waals surface area (Å²) in [7, 11) is 2.10. The molecule has 1 amide bonds. The molecule has 0 unspecified atom stereocenters. The number of carbonyl (C=O) groups excluding carboxylic acids is 1. The molecule has 1 fully saturated rings. The van der Waals surface area contributed by atoms with Crippen LogP contribution in [0.1, 0.15) is 23.3 Å². The Labute approximate surface area is 193 Å². The molecule has 0 saturated carbocycles. The first-order valence-electron chi connectivity index (χ1n) is 10.4. The molecule has 2 aliphatic rings. The van der Waals surface area contributed by atoms with Crippen molar-refractivity contribution in [2.75, 3.05) is 32.4 Å². The molecule has 6 nitrogen and oxygen atoms in total. The predicted molar refractivity (Wildman–Crippen MR) is 127 cm³/mol. The minimum Gasteiger partial charge on any atom is -0.342 e. The van der Waals surface area contributed by atoms with E-state index in [0.29, 0.717) is 15.9 Å². The molecular weight excluding hydrogens is 452 g/mol. The highest BCUT2D eigenvalue weighted by atomic mass is 35.5. The molecule has 1 saturated heterocycles. The van der Waals surface area contributed by atoms with Gasteiger partial charge < -0.3 is 9.80 Å². The van der Waals surface area contributed by atoms with Crippen molar-refractivity contribution in [3.8, 4) is 5.69 Å². The van der Waals surface area contributed by atoms with E-state index in [0.717, 1.165) is 61.2 Å². The molecule has 0 bridgehead atoms. The molecule has 3 aromatic rings. The molecule has 0 N–H and O–H groups in total. The minimum atomic E-state index is -0.0644. The monoisotopic (exact) mass is 474 g/mol. The van der Waals surface area contributed by atoms with Crippen LogP contribution in [0.5, 0.6) is 0 Å². The average molecular weight is 475 g/mol. The van der Waals surface area contributed by atoms with Crippen LogP contribution in [0.2, 0.25) is 5.02 Å². The topological polar surface area (TPSA) is 58.4 Å². The van der Waals surface area contributed by atoms with E-state index < -0.39 is 0 Å². The van der Waals surface area contributed by atoms with Crippen molar-refractivity contribution >= 4 is 50.8 Å². The van der Waals surface area contributed by atoms with Crippen molar-refractivity contribution in [3.05, 3.63) is 50.1 Å². The van der Waals surface area contributed by atoms with Crippen molar-refractivity contribution in [3.63, 3.8) is 0 Å². The van der Waals surface area contributed by atoms with Gasteiger partial charge in [0.05, 0.1) is 16.8 Å². The largest absolute Gasteiger partial charge is 0.342 e. The van der Waals surface area contributed by atoms with E-state index >= 15 is 0 Å². The molecule has 2 aromatic heterocycles. The van der Waals surface area contributed by atoms with Gasteiger partial charge >= 0.3 is 0 Å². The maximum Gasteiger partial charge on any atom is 0.267 e. The maximum absolute atomic E-state index is 13.7. The highest BCUT2D eigenvalue weighted by Gasteiger charge is 2.25. The van der Waals surface area contributed by atoms with Gasteiger partial charge in [0, 0.05) is 36.1 Å². The summed E-state index contributed by atoms with van der Waals surface area (Å²) in [5, 5.41) is 1.89. The Morgan fingerprint density at radius 1 is 1.19 bits per heavy atom. The highest BCUT2D eigenvalue weighted by molar-refractivity contribution is 7.99. The van der Waals surface area contributed by atoms with Crippen LogP contribution < -0.4 is 5.56 Å². The second-order valence-corrected chi connectivity index (χ2v) is 10.5. The second-order valence-electron chi connectivity index (χ2n) is 8.06. The summed E-state index contributed by atoms with van der Waals surface area (Å²) in [5.74, 6) is 0.380. The summed E-state index contributed by atoms with van der Waals surface area (Å²) in [6.45, 7) is 3.41. The van der Waals surface area contributed by atoms with Crippen molar-refractivity contribution in [2.45, 2.75) is 31.0 Å². The zero-order valence-corrected chi connectivity index (χ0v) is 19.7. The summed E-state index contributed by atoms with van der Waals surface area (Å²) >= 11 is 9.02. The normalized spacial score (nSPS) is 16.8. The lowest BCUT2D eigenvalue weighted by molar-refractivity contribution is -0.127. The Balaban J connectivity index is 1.60. The Morgan fingerprint density at radius 3 is 2.68 bits per heavy atom. The van der Waals surface area contributed by atoms with E-state index in [9.17, 15) is 9.59 Å². The molecule has 162 valence electrons. The molecule has 0 spiro atoms. The first-order valence-corrected chi connectivity index (χ1v) is 12.6. The van der Waals surface area contributed by atoms with Crippen LogP contribution in [-0.4, -0.2) is 57.7 Å². The van der Waals surface area contributed by atoms with E-state index in [1.54, 1.807) is 28.0 Å². The number of carbonyl (C=O) groups is 1. The smallest absolute Gasteiger partial charge is 0.267 e. The standard InChI is InChI=1S/C22H23ClN4O2S2/c1-25-11-8-16-17(12-25)31-20-19(16)21(29)27(15-6-4-14(23)5-7-15)22(24-20)30-13-18(28)26-9-2-3-10-26/h4-7H,2-3,8-13H2,1H3. The van der Waals surface area contributed by atoms with Crippen LogP contribution in [0.25, 0.3) is 15.9 Å². The summed E-state index contributed by atoms with van der Waals surface area (Å²) in [5.41, 5.74) is 1.78. The zero-order valence-electron chi connectivity index (χ0n) is 17.3. The van der Waals surface area contributed by atoms with Crippen LogP contribution >= 0.6 is 34.7 Å². The fourth-order valence-electron chi connectivity index (χ4n) is 4.25. The van der Waals surface area contributed by atoms with Gasteiger partial charge in [-0.15, -0.1) is 11.3 Å². The van der Waals surface area contributed by atoms with Crippen molar-refractivity contribution in [2.24, 2.45) is 0 Å². The van der Waals surface area contributed by atoms with Gasteiger partial charge in [-0.2, -0.15) is 0 Å². The number of amides is 1. The number of rotatable bonds is 4. The fraction of sp³-hybridized carbons (Fsp3) is 0.409. The Bertz CT molecular complexity index is 1200. The number of likely N-dealkylation sites (N-methyl/N-ethyl adjacent to an activating group) is 1. The second kappa shape index (κ2) is 8.58. The van der Waals surface area contributed by atoms with Gasteiger partial charge in [0.2, 0.25) is 5.91 Å². The molecule has 0 radical (unpaired) electrons. The number of aromatic nitrogens is 2. The average Bonchev–Trinajstić information content (AvgIpc) is 3.40. The van der Waals surface area contributed by atoms with Gasteiger partial charge in [0.15, 0.2) is 5.16 Å². The van der Waals surface area contributed by atoms with E-state index in [1.165, 1.54) is 16.6 Å². The molecule has 2 aliphatic heterocycles. The van der Waals surface area contributed by atoms with Crippen molar-refractivity contribution in [1.82, 2.24) is 19.4 Å². The van der Waals surface area contributed by atoms with Crippen LogP contribution in [-0.2, 0) is 17.8 Å². The number of likely N-dealkylation sites (tertiary alicyclic amines) is 1. The summed E-state index contributed by atoms with van der Waals surface area (Å²) in [6, 6.07) is 7.21. The maximum atomic E-state index is 13.7. The quantitative estimate of drug-likeness (QED) is 0.425. The van der Waals surface area contributed by atoms with Crippen LogP contribution in [0, 0.1) is 0 Å². The number of thioether (sulfide) groups is 1. The number of thiophene rings is 1. The molecule has 9 heteroatoms. The van der Waals surface area contributed by atoms with Crippen molar-refractivity contribution < 1.29 is 4.79 Å². The molecular formula is C22H23ClN4O2S2. The highest BCUT2D eigenvalue weighted by Crippen LogP contribution is 2.34. The first-order chi connectivity index (χ1) is 15.0. The zero-order chi connectivity index (χ0) is 21.5. The number of fused-ring (bicyclic) bond motifs is 3. The van der Waals surface area contributed by atoms with Crippen molar-refractivity contribution in [1.29, 1.82) is 0 Å². The third-order valence-corrected chi connectivity index (χ3v) is 8.19. The van der Waals surface area contributed by atoms with Gasteiger partial charge in [-0.1, -0.05) is 23.4 Å².